The van der Waals surface area contributed by atoms with Gasteiger partial charge in [-0.1, -0.05) is 109 Å². The number of aromatic nitrogens is 2. The van der Waals surface area contributed by atoms with E-state index < -0.39 is 6.85 Å². The summed E-state index contributed by atoms with van der Waals surface area (Å²) >= 11 is 0. The third kappa shape index (κ3) is 3.47. The molecule has 2 nitrogen and oxygen atoms in total. The molecule has 188 valence electrons. The van der Waals surface area contributed by atoms with Crippen molar-refractivity contribution in [3.05, 3.63) is 145 Å². The minimum Gasteiger partial charge on any atom is -0.297 e. The van der Waals surface area contributed by atoms with Crippen LogP contribution in [0.25, 0.3) is 71.3 Å². The van der Waals surface area contributed by atoms with E-state index in [1.54, 1.807) is 4.57 Å². The predicted octanol–water partition coefficient (Wildman–Crippen LogP) is 10.1. The van der Waals surface area contributed by atoms with Crippen molar-refractivity contribution >= 4 is 43.4 Å². The van der Waals surface area contributed by atoms with Crippen LogP contribution in [0.15, 0.2) is 140 Å². The summed E-state index contributed by atoms with van der Waals surface area (Å²) in [6, 6.07) is 48.2. The Morgan fingerprint density at radius 1 is 0.525 bits per heavy atom. The van der Waals surface area contributed by atoms with Gasteiger partial charge in [0.25, 0.3) is 0 Å². The summed E-state index contributed by atoms with van der Waals surface area (Å²) in [5.74, 6) is 0.0667. The Labute approximate surface area is 237 Å². The largest absolute Gasteiger partial charge is 0.297 e. The van der Waals surface area contributed by atoms with E-state index in [1.807, 2.05) is 36.4 Å². The summed E-state index contributed by atoms with van der Waals surface area (Å²) in [5.41, 5.74) is 6.86. The first-order chi connectivity index (χ1) is 21.0. The average molecular weight is 514 g/mol. The van der Waals surface area contributed by atoms with Crippen LogP contribution in [0, 0.1) is 6.85 Å². The van der Waals surface area contributed by atoms with E-state index in [4.69, 9.17) is 4.11 Å². The molecular formula is C38H26N2. The standard InChI is InChI=1S/C38H26N2/c1-25-39-35-16-8-9-17-36(35)40(25)30-22-20-27(21-23-30)37-31-12-4-6-14-33(31)38(34-15-7-5-13-32(34)37)29-19-18-26-10-2-3-11-28(26)24-29/h2-24H,1H3/i1D3. The number of hydrogen-bond donors (Lipinski definition) is 0. The van der Waals surface area contributed by atoms with Crippen molar-refractivity contribution in [1.29, 1.82) is 0 Å². The van der Waals surface area contributed by atoms with Gasteiger partial charge in [-0.15, -0.1) is 0 Å². The fourth-order valence-electron chi connectivity index (χ4n) is 6.16. The lowest BCUT2D eigenvalue weighted by molar-refractivity contribution is 1.00. The molecule has 0 fully saturated rings. The van der Waals surface area contributed by atoms with Crippen LogP contribution < -0.4 is 0 Å². The first kappa shape index (κ1) is 19.8. The molecule has 2 heteroatoms. The molecule has 7 aromatic carbocycles. The van der Waals surface area contributed by atoms with Gasteiger partial charge in [-0.3, -0.25) is 4.57 Å². The molecule has 0 bridgehead atoms. The second-order valence-corrected chi connectivity index (χ2v) is 10.2. The number of para-hydroxylation sites is 2. The second kappa shape index (κ2) is 8.93. The molecule has 0 aliphatic heterocycles. The molecule has 0 unspecified atom stereocenters. The second-order valence-electron chi connectivity index (χ2n) is 10.2. The molecule has 0 N–H and O–H groups in total. The smallest absolute Gasteiger partial charge is 0.111 e. The molecule has 0 radical (unpaired) electrons. The minimum absolute atomic E-state index is 0.0667. The predicted molar refractivity (Wildman–Crippen MR) is 169 cm³/mol. The van der Waals surface area contributed by atoms with Crippen LogP contribution in [0.5, 0.6) is 0 Å². The molecule has 0 saturated heterocycles. The zero-order chi connectivity index (χ0) is 29.1. The number of hydrogen-bond acceptors (Lipinski definition) is 1. The van der Waals surface area contributed by atoms with E-state index in [0.29, 0.717) is 5.52 Å². The van der Waals surface area contributed by atoms with Gasteiger partial charge in [0, 0.05) is 9.80 Å². The van der Waals surface area contributed by atoms with E-state index in [2.05, 4.69) is 108 Å². The van der Waals surface area contributed by atoms with Gasteiger partial charge >= 0.3 is 0 Å². The average Bonchev–Trinajstić information content (AvgIpc) is 3.44. The van der Waals surface area contributed by atoms with Crippen LogP contribution in [0.1, 0.15) is 9.94 Å². The Morgan fingerprint density at radius 2 is 1.07 bits per heavy atom. The lowest BCUT2D eigenvalue weighted by Gasteiger charge is -2.18. The zero-order valence-electron chi connectivity index (χ0n) is 24.7. The zero-order valence-corrected chi connectivity index (χ0v) is 21.7. The Morgan fingerprint density at radius 3 is 1.75 bits per heavy atom. The lowest BCUT2D eigenvalue weighted by Crippen LogP contribution is -1.97. The first-order valence-electron chi connectivity index (χ1n) is 15.0. The summed E-state index contributed by atoms with van der Waals surface area (Å²) in [7, 11) is 0. The topological polar surface area (TPSA) is 17.8 Å². The highest BCUT2D eigenvalue weighted by atomic mass is 15.1. The maximum absolute atomic E-state index is 8.14. The van der Waals surface area contributed by atoms with Gasteiger partial charge in [-0.25, -0.2) is 4.98 Å². The van der Waals surface area contributed by atoms with Gasteiger partial charge in [0.05, 0.1) is 11.0 Å². The summed E-state index contributed by atoms with van der Waals surface area (Å²) in [6.07, 6.45) is 0. The monoisotopic (exact) mass is 513 g/mol. The van der Waals surface area contributed by atoms with Crippen molar-refractivity contribution in [3.8, 4) is 27.9 Å². The van der Waals surface area contributed by atoms with Crippen molar-refractivity contribution in [2.24, 2.45) is 0 Å². The van der Waals surface area contributed by atoms with Crippen LogP contribution in [-0.2, 0) is 0 Å². The summed E-state index contributed by atoms with van der Waals surface area (Å²) in [4.78, 5) is 4.48. The normalized spacial score (nSPS) is 13.1. The van der Waals surface area contributed by atoms with Crippen LogP contribution in [0.4, 0.5) is 0 Å². The van der Waals surface area contributed by atoms with Crippen molar-refractivity contribution in [2.75, 3.05) is 0 Å². The third-order valence-corrected chi connectivity index (χ3v) is 7.94. The van der Waals surface area contributed by atoms with Crippen molar-refractivity contribution in [1.82, 2.24) is 9.55 Å². The summed E-state index contributed by atoms with van der Waals surface area (Å²) < 4.78 is 26.2. The Kier molecular flexibility index (Phi) is 4.42. The molecule has 0 saturated carbocycles. The number of benzene rings is 7. The Balaban J connectivity index is 1.35. The van der Waals surface area contributed by atoms with Crippen LogP contribution in [-0.4, -0.2) is 9.55 Å². The molecule has 0 aliphatic rings. The molecule has 8 aromatic rings. The van der Waals surface area contributed by atoms with Crippen LogP contribution in [0.3, 0.4) is 0 Å². The van der Waals surface area contributed by atoms with Crippen molar-refractivity contribution < 1.29 is 4.11 Å². The van der Waals surface area contributed by atoms with E-state index in [1.165, 1.54) is 43.4 Å². The molecule has 40 heavy (non-hydrogen) atoms. The molecule has 0 aliphatic carbocycles. The van der Waals surface area contributed by atoms with Crippen LogP contribution in [0.2, 0.25) is 0 Å². The number of fused-ring (bicyclic) bond motifs is 4. The molecule has 1 aromatic heterocycles. The van der Waals surface area contributed by atoms with Crippen molar-refractivity contribution in [3.63, 3.8) is 0 Å². The summed E-state index contributed by atoms with van der Waals surface area (Å²) in [6.45, 7) is -2.34. The Bertz CT molecular complexity index is 2270. The minimum atomic E-state index is -2.34. The molecule has 0 atom stereocenters. The summed E-state index contributed by atoms with van der Waals surface area (Å²) in [5, 5.41) is 7.18. The van der Waals surface area contributed by atoms with Crippen LogP contribution >= 0.6 is 0 Å². The SMILES string of the molecule is [2H]C([2H])([2H])c1nc2ccccc2n1-c1ccc(-c2c3ccccc3c(-c3ccc4ccccc4c3)c3ccccc23)cc1. The maximum Gasteiger partial charge on any atom is 0.111 e. The number of nitrogens with zero attached hydrogens (tertiary/aromatic N) is 2. The fourth-order valence-corrected chi connectivity index (χ4v) is 6.16. The first-order valence-corrected chi connectivity index (χ1v) is 13.5. The molecule has 8 rings (SSSR count). The lowest BCUT2D eigenvalue weighted by atomic mass is 9.85. The van der Waals surface area contributed by atoms with E-state index in [-0.39, 0.29) is 5.82 Å². The Hall–Kier alpha value is -5.21. The highest BCUT2D eigenvalue weighted by Gasteiger charge is 2.17. The molecule has 0 spiro atoms. The highest BCUT2D eigenvalue weighted by molar-refractivity contribution is 6.21. The van der Waals surface area contributed by atoms with E-state index >= 15 is 0 Å². The number of rotatable bonds is 3. The highest BCUT2D eigenvalue weighted by Crippen LogP contribution is 2.44. The van der Waals surface area contributed by atoms with Gasteiger partial charge in [0.1, 0.15) is 5.82 Å². The maximum atomic E-state index is 8.14. The van der Waals surface area contributed by atoms with Gasteiger partial charge < -0.3 is 0 Å². The molecular weight excluding hydrogens is 484 g/mol. The molecule has 1 heterocycles. The molecule has 0 amide bonds. The quantitative estimate of drug-likeness (QED) is 0.215. The number of imidazole rings is 1. The van der Waals surface area contributed by atoms with Gasteiger partial charge in [0.15, 0.2) is 0 Å². The number of aryl methyl sites for hydroxylation is 1. The van der Waals surface area contributed by atoms with Gasteiger partial charge in [0.2, 0.25) is 0 Å². The van der Waals surface area contributed by atoms with E-state index in [0.717, 1.165) is 22.3 Å². The van der Waals surface area contributed by atoms with Gasteiger partial charge in [-0.2, -0.15) is 0 Å². The fraction of sp³-hybridized carbons (Fsp3) is 0.0263. The third-order valence-electron chi connectivity index (χ3n) is 7.94. The van der Waals surface area contributed by atoms with Crippen molar-refractivity contribution in [2.45, 2.75) is 6.85 Å². The van der Waals surface area contributed by atoms with Gasteiger partial charge in [-0.05, 0) is 91.8 Å². The van der Waals surface area contributed by atoms with E-state index in [9.17, 15) is 0 Å².